The minimum atomic E-state index is -0.470. The van der Waals surface area contributed by atoms with Crippen LogP contribution in [0.1, 0.15) is 5.56 Å². The Bertz CT molecular complexity index is 1510. The zero-order valence-corrected chi connectivity index (χ0v) is 17.1. The Morgan fingerprint density at radius 3 is 2.34 bits per heavy atom. The van der Waals surface area contributed by atoms with E-state index in [4.69, 9.17) is 4.74 Å². The fraction of sp³-hybridized carbons (Fsp3) is 0.0385. The van der Waals surface area contributed by atoms with E-state index in [-0.39, 0.29) is 5.56 Å². The number of hydrogen-bond donors (Lipinski definition) is 0. The number of para-hydroxylation sites is 1. The van der Waals surface area contributed by atoms with Crippen molar-refractivity contribution in [2.75, 3.05) is 0 Å². The summed E-state index contributed by atoms with van der Waals surface area (Å²) in [5.74, 6) is 0.626. The molecule has 5 aromatic rings. The largest absolute Gasteiger partial charge is 0.489 e. The van der Waals surface area contributed by atoms with Gasteiger partial charge in [-0.25, -0.2) is 9.36 Å². The van der Waals surface area contributed by atoms with E-state index in [2.05, 4.69) is 4.98 Å². The molecule has 0 aliphatic rings. The monoisotopic (exact) mass is 421 g/mol. The van der Waals surface area contributed by atoms with Gasteiger partial charge in [-0.3, -0.25) is 14.3 Å². The van der Waals surface area contributed by atoms with Gasteiger partial charge in [-0.2, -0.15) is 0 Å². The second kappa shape index (κ2) is 8.35. The Morgan fingerprint density at radius 2 is 1.53 bits per heavy atom. The van der Waals surface area contributed by atoms with Gasteiger partial charge in [-0.15, -0.1) is 0 Å². The standard InChI is InChI=1S/C26H19N3O3/c30-25-23-13-4-5-14-24(23)28(26(31)29(25)21-11-7-15-27-17-21)20-10-6-12-22(16-20)32-18-19-8-2-1-3-9-19/h1-17H,18H2. The maximum Gasteiger partial charge on any atom is 0.340 e. The summed E-state index contributed by atoms with van der Waals surface area (Å²) in [5.41, 5.74) is 1.75. The summed E-state index contributed by atoms with van der Waals surface area (Å²) in [6, 6.07) is 27.6. The molecular weight excluding hydrogens is 402 g/mol. The lowest BCUT2D eigenvalue weighted by atomic mass is 10.2. The maximum absolute atomic E-state index is 13.6. The highest BCUT2D eigenvalue weighted by atomic mass is 16.5. The molecule has 5 rings (SSSR count). The zero-order chi connectivity index (χ0) is 21.9. The quantitative estimate of drug-likeness (QED) is 0.428. The van der Waals surface area contributed by atoms with Gasteiger partial charge in [-0.1, -0.05) is 48.5 Å². The van der Waals surface area contributed by atoms with Crippen LogP contribution in [0, 0.1) is 0 Å². The van der Waals surface area contributed by atoms with Gasteiger partial charge in [0.15, 0.2) is 0 Å². The fourth-order valence-corrected chi connectivity index (χ4v) is 3.68. The van der Waals surface area contributed by atoms with Crippen LogP contribution in [0.4, 0.5) is 0 Å². The van der Waals surface area contributed by atoms with Crippen LogP contribution < -0.4 is 16.0 Å². The molecule has 0 saturated carbocycles. The number of nitrogens with zero attached hydrogens (tertiary/aromatic N) is 3. The Morgan fingerprint density at radius 1 is 0.750 bits per heavy atom. The highest BCUT2D eigenvalue weighted by molar-refractivity contribution is 5.80. The molecule has 0 radical (unpaired) electrons. The summed E-state index contributed by atoms with van der Waals surface area (Å²) >= 11 is 0. The third-order valence-corrected chi connectivity index (χ3v) is 5.19. The molecule has 6 nitrogen and oxygen atoms in total. The Balaban J connectivity index is 1.66. The van der Waals surface area contributed by atoms with Gasteiger partial charge < -0.3 is 4.74 Å². The van der Waals surface area contributed by atoms with E-state index < -0.39 is 5.69 Å². The van der Waals surface area contributed by atoms with E-state index in [0.717, 1.165) is 10.1 Å². The number of aromatic nitrogens is 3. The van der Waals surface area contributed by atoms with Crippen LogP contribution in [0.15, 0.2) is 113 Å². The van der Waals surface area contributed by atoms with E-state index in [0.29, 0.717) is 34.6 Å². The Kier molecular flexibility index (Phi) is 5.09. The van der Waals surface area contributed by atoms with Crippen LogP contribution in [-0.4, -0.2) is 14.1 Å². The summed E-state index contributed by atoms with van der Waals surface area (Å²) in [7, 11) is 0. The molecule has 0 bridgehead atoms. The molecule has 0 saturated heterocycles. The van der Waals surface area contributed by atoms with Gasteiger partial charge in [-0.05, 0) is 42.0 Å². The highest BCUT2D eigenvalue weighted by Gasteiger charge is 2.16. The molecule has 0 spiro atoms. The van der Waals surface area contributed by atoms with Crippen molar-refractivity contribution in [1.29, 1.82) is 0 Å². The van der Waals surface area contributed by atoms with E-state index >= 15 is 0 Å². The predicted molar refractivity (Wildman–Crippen MR) is 124 cm³/mol. The molecule has 156 valence electrons. The second-order valence-electron chi connectivity index (χ2n) is 7.26. The predicted octanol–water partition coefficient (Wildman–Crippen LogP) is 4.12. The summed E-state index contributed by atoms with van der Waals surface area (Å²) in [4.78, 5) is 30.8. The van der Waals surface area contributed by atoms with E-state index in [1.54, 1.807) is 42.6 Å². The van der Waals surface area contributed by atoms with Crippen LogP contribution in [0.5, 0.6) is 5.75 Å². The first-order valence-electron chi connectivity index (χ1n) is 10.2. The van der Waals surface area contributed by atoms with Gasteiger partial charge in [0.2, 0.25) is 0 Å². The third-order valence-electron chi connectivity index (χ3n) is 5.19. The number of ether oxygens (including phenoxy) is 1. The maximum atomic E-state index is 13.6. The summed E-state index contributed by atoms with van der Waals surface area (Å²) in [5, 5.41) is 0.437. The van der Waals surface area contributed by atoms with Crippen LogP contribution in [0.25, 0.3) is 22.3 Å². The normalized spacial score (nSPS) is 10.9. The zero-order valence-electron chi connectivity index (χ0n) is 17.1. The second-order valence-corrected chi connectivity index (χ2v) is 7.26. The van der Waals surface area contributed by atoms with Crippen molar-refractivity contribution >= 4 is 10.9 Å². The smallest absolute Gasteiger partial charge is 0.340 e. The van der Waals surface area contributed by atoms with E-state index in [9.17, 15) is 9.59 Å². The lowest BCUT2D eigenvalue weighted by Crippen LogP contribution is -2.38. The molecule has 6 heteroatoms. The van der Waals surface area contributed by atoms with Crippen molar-refractivity contribution in [2.45, 2.75) is 6.61 Å². The first-order valence-corrected chi connectivity index (χ1v) is 10.2. The lowest BCUT2D eigenvalue weighted by molar-refractivity contribution is 0.306. The third kappa shape index (κ3) is 3.58. The number of rotatable bonds is 5. The van der Waals surface area contributed by atoms with Crippen molar-refractivity contribution in [3.8, 4) is 17.1 Å². The molecule has 2 heterocycles. The fourth-order valence-electron chi connectivity index (χ4n) is 3.68. The molecule has 0 N–H and O–H groups in total. The molecule has 0 aliphatic carbocycles. The van der Waals surface area contributed by atoms with Crippen molar-refractivity contribution in [3.63, 3.8) is 0 Å². The number of fused-ring (bicyclic) bond motifs is 1. The van der Waals surface area contributed by atoms with Gasteiger partial charge in [0.25, 0.3) is 5.56 Å². The van der Waals surface area contributed by atoms with Gasteiger partial charge in [0, 0.05) is 12.3 Å². The molecule has 0 amide bonds. The summed E-state index contributed by atoms with van der Waals surface area (Å²) in [6.45, 7) is 0.412. The lowest BCUT2D eigenvalue weighted by Gasteiger charge is -2.15. The molecular formula is C26H19N3O3. The average molecular weight is 421 g/mol. The van der Waals surface area contributed by atoms with Crippen molar-refractivity contribution in [3.05, 3.63) is 130 Å². The molecule has 32 heavy (non-hydrogen) atoms. The molecule has 0 unspecified atom stereocenters. The SMILES string of the molecule is O=c1c2ccccc2n(-c2cccc(OCc3ccccc3)c2)c(=O)n1-c1cccnc1. The van der Waals surface area contributed by atoms with Gasteiger partial charge >= 0.3 is 5.69 Å². The number of hydrogen-bond acceptors (Lipinski definition) is 4. The van der Waals surface area contributed by atoms with E-state index in [1.165, 1.54) is 10.8 Å². The van der Waals surface area contributed by atoms with Crippen molar-refractivity contribution < 1.29 is 4.74 Å². The minimum Gasteiger partial charge on any atom is -0.489 e. The molecule has 2 aromatic heterocycles. The summed E-state index contributed by atoms with van der Waals surface area (Å²) < 4.78 is 8.62. The first-order chi connectivity index (χ1) is 15.7. The highest BCUT2D eigenvalue weighted by Crippen LogP contribution is 2.20. The van der Waals surface area contributed by atoms with Crippen molar-refractivity contribution in [2.24, 2.45) is 0 Å². The average Bonchev–Trinajstić information content (AvgIpc) is 2.85. The van der Waals surface area contributed by atoms with E-state index in [1.807, 2.05) is 54.6 Å². The first kappa shape index (κ1) is 19.5. The minimum absolute atomic E-state index is 0.383. The molecule has 3 aromatic carbocycles. The topological polar surface area (TPSA) is 66.1 Å². The summed E-state index contributed by atoms with van der Waals surface area (Å²) in [6.07, 6.45) is 3.10. The molecule has 0 fully saturated rings. The van der Waals surface area contributed by atoms with Crippen LogP contribution in [0.2, 0.25) is 0 Å². The van der Waals surface area contributed by atoms with Gasteiger partial charge in [0.05, 0.1) is 28.5 Å². The number of pyridine rings is 1. The van der Waals surface area contributed by atoms with Crippen LogP contribution >= 0.6 is 0 Å². The number of benzene rings is 3. The molecule has 0 atom stereocenters. The van der Waals surface area contributed by atoms with Gasteiger partial charge in [0.1, 0.15) is 12.4 Å². The Hall–Kier alpha value is -4.45. The molecule has 0 aliphatic heterocycles. The Labute approximate surface area is 183 Å². The van der Waals surface area contributed by atoms with Crippen LogP contribution in [0.3, 0.4) is 0 Å². The van der Waals surface area contributed by atoms with Crippen molar-refractivity contribution in [1.82, 2.24) is 14.1 Å². The van der Waals surface area contributed by atoms with Crippen LogP contribution in [-0.2, 0) is 6.61 Å².